The first-order valence-corrected chi connectivity index (χ1v) is 13.1. The highest BCUT2D eigenvalue weighted by atomic mass is 35.5. The van der Waals surface area contributed by atoms with Crippen molar-refractivity contribution in [1.82, 2.24) is 19.4 Å². The molecule has 1 aliphatic rings. The average molecular weight is 500 g/mol. The minimum Gasteiger partial charge on any atom is -0.324 e. The number of halogens is 2. The van der Waals surface area contributed by atoms with Crippen LogP contribution in [-0.4, -0.2) is 52.4 Å². The van der Waals surface area contributed by atoms with Crippen LogP contribution in [0.3, 0.4) is 0 Å². The Bertz CT molecular complexity index is 1470. The van der Waals surface area contributed by atoms with E-state index in [0.29, 0.717) is 47.5 Å². The first kappa shape index (κ1) is 22.8. The summed E-state index contributed by atoms with van der Waals surface area (Å²) in [6, 6.07) is 12.6. The maximum absolute atomic E-state index is 15.0. The van der Waals surface area contributed by atoms with Crippen molar-refractivity contribution < 1.29 is 12.8 Å². The fraction of sp³-hybridized carbons (Fsp3) is 0.250. The van der Waals surface area contributed by atoms with Gasteiger partial charge in [0, 0.05) is 59.4 Å². The highest BCUT2D eigenvalue weighted by Crippen LogP contribution is 2.25. The van der Waals surface area contributed by atoms with E-state index in [2.05, 4.69) is 15.3 Å². The van der Waals surface area contributed by atoms with E-state index < -0.39 is 9.84 Å². The predicted octanol–water partition coefficient (Wildman–Crippen LogP) is 4.50. The summed E-state index contributed by atoms with van der Waals surface area (Å²) in [6.45, 7) is 3.15. The Labute approximate surface area is 202 Å². The fourth-order valence-corrected chi connectivity index (χ4v) is 5.41. The van der Waals surface area contributed by atoms with E-state index in [1.807, 2.05) is 52.9 Å². The standard InChI is InChI=1S/C24H23ClFN5O2S/c1-16-2-4-19(12-21(16)25)28-24-27-14-17-6-7-31(23(17)29-24)20-5-3-18(22(26)13-20)15-30-8-10-34(32,33)11-9-30/h2-7,12-14H,8-11,15H2,1H3,(H,27,28,29). The lowest BCUT2D eigenvalue weighted by molar-refractivity contribution is 0.283. The van der Waals surface area contributed by atoms with E-state index in [9.17, 15) is 12.8 Å². The van der Waals surface area contributed by atoms with Crippen molar-refractivity contribution in [3.63, 3.8) is 0 Å². The smallest absolute Gasteiger partial charge is 0.229 e. The van der Waals surface area contributed by atoms with Crippen LogP contribution >= 0.6 is 11.6 Å². The Balaban J connectivity index is 1.38. The topological polar surface area (TPSA) is 80.1 Å². The molecule has 2 aromatic carbocycles. The first-order chi connectivity index (χ1) is 16.3. The van der Waals surface area contributed by atoms with Crippen LogP contribution in [0.1, 0.15) is 11.1 Å². The van der Waals surface area contributed by atoms with E-state index in [4.69, 9.17) is 11.6 Å². The molecule has 3 heterocycles. The molecule has 0 spiro atoms. The lowest BCUT2D eigenvalue weighted by Gasteiger charge is -2.26. The second kappa shape index (κ2) is 8.98. The fourth-order valence-electron chi connectivity index (χ4n) is 3.95. The van der Waals surface area contributed by atoms with Crippen molar-refractivity contribution in [3.05, 3.63) is 76.8 Å². The Hall–Kier alpha value is -3.01. The zero-order valence-electron chi connectivity index (χ0n) is 18.5. The monoisotopic (exact) mass is 499 g/mol. The highest BCUT2D eigenvalue weighted by Gasteiger charge is 2.22. The number of aryl methyl sites for hydroxylation is 1. The molecule has 0 radical (unpaired) electrons. The van der Waals surface area contributed by atoms with Gasteiger partial charge in [-0.15, -0.1) is 0 Å². The summed E-state index contributed by atoms with van der Waals surface area (Å²) in [7, 11) is -2.97. The van der Waals surface area contributed by atoms with E-state index in [1.54, 1.807) is 12.3 Å². The van der Waals surface area contributed by atoms with Gasteiger partial charge in [-0.25, -0.2) is 17.8 Å². The van der Waals surface area contributed by atoms with Gasteiger partial charge in [0.25, 0.3) is 0 Å². The Kier molecular flexibility index (Phi) is 6.01. The lowest BCUT2D eigenvalue weighted by atomic mass is 10.1. The summed E-state index contributed by atoms with van der Waals surface area (Å²) >= 11 is 6.21. The van der Waals surface area contributed by atoms with Crippen LogP contribution in [0.4, 0.5) is 16.0 Å². The molecule has 7 nitrogen and oxygen atoms in total. The van der Waals surface area contributed by atoms with Crippen LogP contribution in [-0.2, 0) is 16.4 Å². The highest BCUT2D eigenvalue weighted by molar-refractivity contribution is 7.91. The Morgan fingerprint density at radius 1 is 1.12 bits per heavy atom. The van der Waals surface area contributed by atoms with Crippen LogP contribution in [0, 0.1) is 12.7 Å². The van der Waals surface area contributed by atoms with E-state index in [1.165, 1.54) is 6.07 Å². The minimum absolute atomic E-state index is 0.118. The molecule has 4 aromatic rings. The van der Waals surface area contributed by atoms with Crippen molar-refractivity contribution in [2.24, 2.45) is 0 Å². The third kappa shape index (κ3) is 4.77. The van der Waals surface area contributed by atoms with Crippen LogP contribution < -0.4 is 5.32 Å². The van der Waals surface area contributed by atoms with Gasteiger partial charge in [-0.3, -0.25) is 4.90 Å². The van der Waals surface area contributed by atoms with Gasteiger partial charge in [0.15, 0.2) is 9.84 Å². The van der Waals surface area contributed by atoms with Gasteiger partial charge in [0.05, 0.1) is 11.5 Å². The van der Waals surface area contributed by atoms with Gasteiger partial charge < -0.3 is 9.88 Å². The number of rotatable bonds is 5. The molecule has 2 aromatic heterocycles. The van der Waals surface area contributed by atoms with Crippen molar-refractivity contribution >= 4 is 44.1 Å². The molecule has 1 aliphatic heterocycles. The summed E-state index contributed by atoms with van der Waals surface area (Å²) in [4.78, 5) is 11.0. The summed E-state index contributed by atoms with van der Waals surface area (Å²) in [5.41, 5.74) is 3.57. The first-order valence-electron chi connectivity index (χ1n) is 10.9. The molecular formula is C24H23ClFN5O2S. The largest absolute Gasteiger partial charge is 0.324 e. The number of aromatic nitrogens is 3. The maximum atomic E-state index is 15.0. The zero-order valence-corrected chi connectivity index (χ0v) is 20.1. The molecule has 1 N–H and O–H groups in total. The number of sulfone groups is 1. The van der Waals surface area contributed by atoms with Crippen LogP contribution in [0.2, 0.25) is 5.02 Å². The van der Waals surface area contributed by atoms with E-state index >= 15 is 0 Å². The van der Waals surface area contributed by atoms with Gasteiger partial charge >= 0.3 is 0 Å². The summed E-state index contributed by atoms with van der Waals surface area (Å²) < 4.78 is 40.0. The number of hydrogen-bond donors (Lipinski definition) is 1. The van der Waals surface area contributed by atoms with Gasteiger partial charge in [-0.05, 0) is 42.8 Å². The number of anilines is 2. The average Bonchev–Trinajstić information content (AvgIpc) is 3.22. The molecule has 0 bridgehead atoms. The molecule has 0 amide bonds. The number of hydrogen-bond acceptors (Lipinski definition) is 6. The van der Waals surface area contributed by atoms with Crippen LogP contribution in [0.15, 0.2) is 54.9 Å². The summed E-state index contributed by atoms with van der Waals surface area (Å²) in [5, 5.41) is 4.64. The molecule has 1 fully saturated rings. The molecule has 1 saturated heterocycles. The van der Waals surface area contributed by atoms with Gasteiger partial charge in [0.1, 0.15) is 11.5 Å². The Morgan fingerprint density at radius 3 is 2.65 bits per heavy atom. The minimum atomic E-state index is -2.97. The second-order valence-corrected chi connectivity index (χ2v) is 11.2. The van der Waals surface area contributed by atoms with Crippen LogP contribution in [0.5, 0.6) is 0 Å². The maximum Gasteiger partial charge on any atom is 0.229 e. The molecular weight excluding hydrogens is 477 g/mol. The van der Waals surface area contributed by atoms with Gasteiger partial charge in [-0.1, -0.05) is 23.7 Å². The van der Waals surface area contributed by atoms with Crippen molar-refractivity contribution in [3.8, 4) is 5.69 Å². The van der Waals surface area contributed by atoms with Crippen molar-refractivity contribution in [1.29, 1.82) is 0 Å². The van der Waals surface area contributed by atoms with Crippen molar-refractivity contribution in [2.75, 3.05) is 29.9 Å². The number of nitrogens with zero attached hydrogens (tertiary/aromatic N) is 4. The number of benzene rings is 2. The quantitative estimate of drug-likeness (QED) is 0.435. The number of nitrogens with one attached hydrogen (secondary N) is 1. The SMILES string of the molecule is Cc1ccc(Nc2ncc3ccn(-c4ccc(CN5CCS(=O)(=O)CC5)c(F)c4)c3n2)cc1Cl. The molecule has 34 heavy (non-hydrogen) atoms. The zero-order chi connectivity index (χ0) is 23.9. The Morgan fingerprint density at radius 2 is 1.91 bits per heavy atom. The van der Waals surface area contributed by atoms with Crippen LogP contribution in [0.25, 0.3) is 16.7 Å². The molecule has 176 valence electrons. The van der Waals surface area contributed by atoms with E-state index in [-0.39, 0.29) is 17.3 Å². The third-order valence-electron chi connectivity index (χ3n) is 6.00. The molecule has 5 rings (SSSR count). The lowest BCUT2D eigenvalue weighted by Crippen LogP contribution is -2.39. The van der Waals surface area contributed by atoms with Gasteiger partial charge in [-0.2, -0.15) is 4.98 Å². The molecule has 0 saturated carbocycles. The van der Waals surface area contributed by atoms with E-state index in [0.717, 1.165) is 16.6 Å². The summed E-state index contributed by atoms with van der Waals surface area (Å²) in [5.74, 6) is 0.304. The third-order valence-corrected chi connectivity index (χ3v) is 8.02. The van der Waals surface area contributed by atoms with Crippen molar-refractivity contribution in [2.45, 2.75) is 13.5 Å². The molecule has 0 aliphatic carbocycles. The van der Waals surface area contributed by atoms with Gasteiger partial charge in [0.2, 0.25) is 5.95 Å². The second-order valence-electron chi connectivity index (χ2n) is 8.45. The molecule has 10 heteroatoms. The number of fused-ring (bicyclic) bond motifs is 1. The summed E-state index contributed by atoms with van der Waals surface area (Å²) in [6.07, 6.45) is 3.54. The normalized spacial score (nSPS) is 16.1. The molecule has 0 atom stereocenters. The predicted molar refractivity (Wildman–Crippen MR) is 132 cm³/mol. The molecule has 0 unspecified atom stereocenters.